The average Bonchev–Trinajstić information content (AvgIpc) is 3.22. The molecule has 3 aromatic heterocycles. The molecule has 0 aliphatic heterocycles. The summed E-state index contributed by atoms with van der Waals surface area (Å²) in [5.74, 6) is 0.609. The molecule has 0 unspecified atom stereocenters. The predicted octanol–water partition coefficient (Wildman–Crippen LogP) is 2.10. The zero-order valence-electron chi connectivity index (χ0n) is 12.3. The van der Waals surface area contributed by atoms with E-state index in [1.807, 2.05) is 6.07 Å². The van der Waals surface area contributed by atoms with Gasteiger partial charge in [-0.2, -0.15) is 0 Å². The van der Waals surface area contributed by atoms with Gasteiger partial charge in [0.05, 0.1) is 48.6 Å². The Balaban J connectivity index is 1.93. The number of carbonyl (C=O) groups is 1. The maximum atomic E-state index is 12.2. The lowest BCUT2D eigenvalue weighted by Crippen LogP contribution is -2.14. The Kier molecular flexibility index (Phi) is 3.96. The van der Waals surface area contributed by atoms with E-state index in [2.05, 4.69) is 20.0 Å². The summed E-state index contributed by atoms with van der Waals surface area (Å²) in [6.07, 6.45) is 4.52. The van der Waals surface area contributed by atoms with Crippen LogP contribution in [0.4, 0.5) is 11.4 Å². The second kappa shape index (κ2) is 6.22. The van der Waals surface area contributed by atoms with Crippen LogP contribution in [0.5, 0.6) is 5.88 Å². The van der Waals surface area contributed by atoms with Crippen LogP contribution in [0.2, 0.25) is 0 Å². The van der Waals surface area contributed by atoms with Crippen LogP contribution in [-0.4, -0.2) is 23.2 Å². The molecule has 23 heavy (non-hydrogen) atoms. The van der Waals surface area contributed by atoms with Crippen LogP contribution >= 0.6 is 0 Å². The number of furan rings is 1. The Hall–Kier alpha value is -3.29. The van der Waals surface area contributed by atoms with Gasteiger partial charge in [-0.25, -0.2) is 4.98 Å². The van der Waals surface area contributed by atoms with E-state index in [-0.39, 0.29) is 11.8 Å². The number of carbonyl (C=O) groups excluding carboxylic acids is 1. The molecule has 0 fully saturated rings. The minimum atomic E-state index is -0.377. The number of amides is 1. The van der Waals surface area contributed by atoms with Crippen molar-refractivity contribution in [2.75, 3.05) is 18.2 Å². The van der Waals surface area contributed by atoms with E-state index in [0.29, 0.717) is 34.8 Å². The molecule has 0 aromatic carbocycles. The van der Waals surface area contributed by atoms with Crippen molar-refractivity contribution in [2.45, 2.75) is 6.42 Å². The van der Waals surface area contributed by atoms with Gasteiger partial charge in [-0.3, -0.25) is 4.79 Å². The van der Waals surface area contributed by atoms with Gasteiger partial charge < -0.3 is 24.7 Å². The topological polar surface area (TPSA) is 116 Å². The molecular weight excluding hydrogens is 300 g/mol. The first kappa shape index (κ1) is 14.6. The predicted molar refractivity (Wildman–Crippen MR) is 81.2 cm³/mol. The van der Waals surface area contributed by atoms with Crippen molar-refractivity contribution in [1.82, 2.24) is 10.1 Å². The molecule has 0 aliphatic rings. The van der Waals surface area contributed by atoms with Gasteiger partial charge in [0.15, 0.2) is 0 Å². The quantitative estimate of drug-likeness (QED) is 0.740. The highest BCUT2D eigenvalue weighted by Crippen LogP contribution is 2.27. The molecular formula is C15H14N4O4. The summed E-state index contributed by atoms with van der Waals surface area (Å²) < 4.78 is 15.1. The SMILES string of the molecule is COc1nc(Cc2ccco2)c(NC(=O)c2cnoc2)cc1N. The molecule has 3 rings (SSSR count). The Morgan fingerprint density at radius 2 is 2.35 bits per heavy atom. The molecule has 0 radical (unpaired) electrons. The fourth-order valence-electron chi connectivity index (χ4n) is 2.04. The number of ether oxygens (including phenoxy) is 1. The number of methoxy groups -OCH3 is 1. The van der Waals surface area contributed by atoms with Gasteiger partial charge in [0.1, 0.15) is 12.0 Å². The summed E-state index contributed by atoms with van der Waals surface area (Å²) in [5, 5.41) is 6.24. The lowest BCUT2D eigenvalue weighted by molar-refractivity contribution is 0.102. The lowest BCUT2D eigenvalue weighted by Gasteiger charge is -2.12. The third-order valence-corrected chi connectivity index (χ3v) is 3.15. The molecule has 3 aromatic rings. The summed E-state index contributed by atoms with van der Waals surface area (Å²) in [6.45, 7) is 0. The first-order valence-corrected chi connectivity index (χ1v) is 6.74. The van der Waals surface area contributed by atoms with E-state index < -0.39 is 0 Å². The number of nitrogens with one attached hydrogen (secondary N) is 1. The van der Waals surface area contributed by atoms with E-state index >= 15 is 0 Å². The zero-order chi connectivity index (χ0) is 16.2. The van der Waals surface area contributed by atoms with Gasteiger partial charge in [0.25, 0.3) is 5.91 Å². The number of nitrogens with two attached hydrogens (primary N) is 1. The first-order valence-electron chi connectivity index (χ1n) is 6.74. The van der Waals surface area contributed by atoms with Gasteiger partial charge in [0, 0.05) is 0 Å². The van der Waals surface area contributed by atoms with Crippen molar-refractivity contribution < 1.29 is 18.5 Å². The summed E-state index contributed by atoms with van der Waals surface area (Å²) in [4.78, 5) is 16.5. The van der Waals surface area contributed by atoms with Crippen molar-refractivity contribution in [3.05, 3.63) is 53.9 Å². The van der Waals surface area contributed by atoms with Crippen molar-refractivity contribution in [1.29, 1.82) is 0 Å². The normalized spacial score (nSPS) is 10.5. The Morgan fingerprint density at radius 3 is 3.00 bits per heavy atom. The van der Waals surface area contributed by atoms with E-state index in [1.165, 1.54) is 19.6 Å². The third-order valence-electron chi connectivity index (χ3n) is 3.15. The van der Waals surface area contributed by atoms with E-state index in [9.17, 15) is 4.79 Å². The molecule has 0 bridgehead atoms. The molecule has 1 amide bonds. The molecule has 118 valence electrons. The minimum absolute atomic E-state index is 0.287. The second-order valence-corrected chi connectivity index (χ2v) is 4.70. The van der Waals surface area contributed by atoms with Crippen molar-refractivity contribution in [2.24, 2.45) is 0 Å². The Bertz CT molecular complexity index is 797. The third kappa shape index (κ3) is 3.15. The Labute approximate surface area is 131 Å². The smallest absolute Gasteiger partial charge is 0.260 e. The number of hydrogen-bond donors (Lipinski definition) is 2. The number of hydrogen-bond acceptors (Lipinski definition) is 7. The fourth-order valence-corrected chi connectivity index (χ4v) is 2.04. The van der Waals surface area contributed by atoms with Gasteiger partial charge in [-0.05, 0) is 18.2 Å². The van der Waals surface area contributed by atoms with Crippen LogP contribution in [-0.2, 0) is 6.42 Å². The van der Waals surface area contributed by atoms with Crippen LogP contribution in [0, 0.1) is 0 Å². The van der Waals surface area contributed by atoms with Gasteiger partial charge >= 0.3 is 0 Å². The summed E-state index contributed by atoms with van der Waals surface area (Å²) in [5.41, 5.74) is 7.52. The number of nitrogen functional groups attached to an aromatic ring is 1. The number of aromatic nitrogens is 2. The Morgan fingerprint density at radius 1 is 1.48 bits per heavy atom. The minimum Gasteiger partial charge on any atom is -0.480 e. The largest absolute Gasteiger partial charge is 0.480 e. The summed E-state index contributed by atoms with van der Waals surface area (Å²) in [7, 11) is 1.48. The molecule has 8 nitrogen and oxygen atoms in total. The maximum Gasteiger partial charge on any atom is 0.260 e. The van der Waals surface area contributed by atoms with E-state index in [1.54, 1.807) is 18.4 Å². The van der Waals surface area contributed by atoms with Gasteiger partial charge in [0.2, 0.25) is 5.88 Å². The molecule has 3 N–H and O–H groups in total. The van der Waals surface area contributed by atoms with Crippen LogP contribution in [0.25, 0.3) is 0 Å². The van der Waals surface area contributed by atoms with E-state index in [0.717, 1.165) is 0 Å². The molecule has 0 spiro atoms. The number of rotatable bonds is 5. The fraction of sp³-hybridized carbons (Fsp3) is 0.133. The maximum absolute atomic E-state index is 12.2. The number of nitrogens with zero attached hydrogens (tertiary/aromatic N) is 2. The molecule has 0 saturated heterocycles. The number of anilines is 2. The van der Waals surface area contributed by atoms with Gasteiger partial charge in [-0.1, -0.05) is 5.16 Å². The van der Waals surface area contributed by atoms with Crippen LogP contribution in [0.3, 0.4) is 0 Å². The highest BCUT2D eigenvalue weighted by molar-refractivity contribution is 6.04. The average molecular weight is 314 g/mol. The van der Waals surface area contributed by atoms with Crippen molar-refractivity contribution >= 4 is 17.3 Å². The molecule has 0 aliphatic carbocycles. The highest BCUT2D eigenvalue weighted by atomic mass is 16.5. The van der Waals surface area contributed by atoms with Crippen LogP contribution < -0.4 is 15.8 Å². The summed E-state index contributed by atoms with van der Waals surface area (Å²) >= 11 is 0. The van der Waals surface area contributed by atoms with Crippen molar-refractivity contribution in [3.63, 3.8) is 0 Å². The van der Waals surface area contributed by atoms with Crippen LogP contribution in [0.1, 0.15) is 21.8 Å². The first-order chi connectivity index (χ1) is 11.2. The second-order valence-electron chi connectivity index (χ2n) is 4.70. The molecule has 0 atom stereocenters. The monoisotopic (exact) mass is 314 g/mol. The lowest BCUT2D eigenvalue weighted by atomic mass is 10.1. The molecule has 0 saturated carbocycles. The standard InChI is InChI=1S/C15H14N4O4/c1-21-15-11(16)6-13(18-14(20)9-7-17-23-8-9)12(19-15)5-10-3-2-4-22-10/h2-4,6-8H,5,16H2,1H3,(H,18,20). The zero-order valence-corrected chi connectivity index (χ0v) is 12.3. The summed E-state index contributed by atoms with van der Waals surface area (Å²) in [6, 6.07) is 5.19. The highest BCUT2D eigenvalue weighted by Gasteiger charge is 2.16. The van der Waals surface area contributed by atoms with Crippen LogP contribution in [0.15, 0.2) is 45.9 Å². The molecule has 3 heterocycles. The number of pyridine rings is 1. The van der Waals surface area contributed by atoms with Gasteiger partial charge in [-0.15, -0.1) is 0 Å². The molecule has 8 heteroatoms. The van der Waals surface area contributed by atoms with E-state index in [4.69, 9.17) is 14.9 Å². The van der Waals surface area contributed by atoms with Crippen molar-refractivity contribution in [3.8, 4) is 5.88 Å².